The molecule has 3 N–H and O–H groups in total. The lowest BCUT2D eigenvalue weighted by atomic mass is 9.91. The lowest BCUT2D eigenvalue weighted by Crippen LogP contribution is -2.39. The van der Waals surface area contributed by atoms with E-state index in [1.54, 1.807) is 6.20 Å². The highest BCUT2D eigenvalue weighted by atomic mass is 19.3. The van der Waals surface area contributed by atoms with Crippen LogP contribution in [0.5, 0.6) is 0 Å². The minimum Gasteiger partial charge on any atom is -0.354 e. The molecule has 1 aliphatic carbocycles. The average molecular weight is 455 g/mol. The van der Waals surface area contributed by atoms with Crippen molar-refractivity contribution in [1.29, 1.82) is 0 Å². The highest BCUT2D eigenvalue weighted by molar-refractivity contribution is 5.97. The largest absolute Gasteiger partial charge is 0.354 e. The van der Waals surface area contributed by atoms with Gasteiger partial charge in [0.1, 0.15) is 11.5 Å². The van der Waals surface area contributed by atoms with Gasteiger partial charge >= 0.3 is 0 Å². The number of nitrogens with one attached hydrogen (secondary N) is 1. The van der Waals surface area contributed by atoms with E-state index in [1.165, 1.54) is 0 Å². The molecule has 0 aromatic carbocycles. The van der Waals surface area contributed by atoms with Crippen molar-refractivity contribution in [3.05, 3.63) is 53.5 Å². The van der Waals surface area contributed by atoms with Gasteiger partial charge in [-0.2, -0.15) is 0 Å². The molecule has 1 amide bonds. The molecule has 3 atom stereocenters. The van der Waals surface area contributed by atoms with Crippen LogP contribution in [-0.4, -0.2) is 52.0 Å². The van der Waals surface area contributed by atoms with Gasteiger partial charge in [-0.1, -0.05) is 6.07 Å². The van der Waals surface area contributed by atoms with E-state index in [0.29, 0.717) is 24.3 Å². The molecule has 0 radical (unpaired) electrons. The third-order valence-electron chi connectivity index (χ3n) is 6.85. The molecule has 9 heteroatoms. The molecule has 4 heterocycles. The van der Waals surface area contributed by atoms with E-state index in [1.807, 2.05) is 39.9 Å². The minimum atomic E-state index is -2.42. The van der Waals surface area contributed by atoms with E-state index >= 15 is 0 Å². The number of nitrogens with two attached hydrogens (primary N) is 1. The summed E-state index contributed by atoms with van der Waals surface area (Å²) in [5, 5.41) is 4.08. The van der Waals surface area contributed by atoms with Crippen molar-refractivity contribution in [1.82, 2.24) is 19.9 Å². The van der Waals surface area contributed by atoms with Crippen molar-refractivity contribution < 1.29 is 13.6 Å². The lowest BCUT2D eigenvalue weighted by Gasteiger charge is -2.26. The molecular formula is C24H28F2N6O. The number of aromatic nitrogens is 3. The predicted molar refractivity (Wildman–Crippen MR) is 123 cm³/mol. The Bertz CT molecular complexity index is 1180. The van der Waals surface area contributed by atoms with Gasteiger partial charge in [0.25, 0.3) is 5.91 Å². The number of carbonyl (C=O) groups excluding carboxylic acids is 1. The molecule has 1 fully saturated rings. The van der Waals surface area contributed by atoms with E-state index in [4.69, 9.17) is 10.7 Å². The molecule has 1 aliphatic heterocycles. The van der Waals surface area contributed by atoms with Gasteiger partial charge in [0.2, 0.25) is 6.43 Å². The zero-order valence-corrected chi connectivity index (χ0v) is 18.5. The standard InChI is InChI=1S/C24H28F2N6O/c1-2-31-8-7-15-9-16(11-28-23(15)31)24(33)29-17-4-5-20-14(10-17)3-6-21(30-20)32-12-18(22(25)26)19(27)13-32/h3,6-9,11,17-19,22H,2,4-5,10,12-13,27H2,1H3,(H,29,33)/t17-,18?,19+/m0/s1. The lowest BCUT2D eigenvalue weighted by molar-refractivity contribution is 0.0804. The Morgan fingerprint density at radius 3 is 2.91 bits per heavy atom. The fourth-order valence-electron chi connectivity index (χ4n) is 4.93. The minimum absolute atomic E-state index is 0.0111. The second-order valence-corrected chi connectivity index (χ2v) is 8.99. The average Bonchev–Trinajstić information content (AvgIpc) is 3.41. The molecule has 174 valence electrons. The summed E-state index contributed by atoms with van der Waals surface area (Å²) >= 11 is 0. The second kappa shape index (κ2) is 8.70. The highest BCUT2D eigenvalue weighted by Crippen LogP contribution is 2.29. The van der Waals surface area contributed by atoms with Crippen LogP contribution in [-0.2, 0) is 19.4 Å². The Hall–Kier alpha value is -3.07. The number of rotatable bonds is 5. The Morgan fingerprint density at radius 1 is 1.30 bits per heavy atom. The number of pyridine rings is 2. The van der Waals surface area contributed by atoms with Crippen LogP contribution in [0.15, 0.2) is 36.7 Å². The molecule has 33 heavy (non-hydrogen) atoms. The molecule has 3 aromatic heterocycles. The van der Waals surface area contributed by atoms with Crippen molar-refractivity contribution in [3.8, 4) is 0 Å². The number of carbonyl (C=O) groups is 1. The summed E-state index contributed by atoms with van der Waals surface area (Å²) < 4.78 is 28.3. The zero-order valence-electron chi connectivity index (χ0n) is 18.5. The first-order valence-corrected chi connectivity index (χ1v) is 11.5. The maximum atomic E-state index is 13.2. The summed E-state index contributed by atoms with van der Waals surface area (Å²) in [4.78, 5) is 23.9. The van der Waals surface area contributed by atoms with Gasteiger partial charge in [0.05, 0.1) is 11.5 Å². The number of aryl methyl sites for hydroxylation is 2. The fourth-order valence-corrected chi connectivity index (χ4v) is 4.93. The van der Waals surface area contributed by atoms with Gasteiger partial charge in [-0.05, 0) is 49.9 Å². The number of alkyl halides is 2. The second-order valence-electron chi connectivity index (χ2n) is 8.99. The van der Waals surface area contributed by atoms with E-state index in [0.717, 1.165) is 41.7 Å². The third kappa shape index (κ3) is 4.17. The number of nitrogens with zero attached hydrogens (tertiary/aromatic N) is 4. The molecule has 5 rings (SSSR count). The molecule has 7 nitrogen and oxygen atoms in total. The van der Waals surface area contributed by atoms with Crippen LogP contribution in [0, 0.1) is 5.92 Å². The van der Waals surface area contributed by atoms with Gasteiger partial charge in [0, 0.05) is 55.2 Å². The van der Waals surface area contributed by atoms with Gasteiger partial charge in [0.15, 0.2) is 0 Å². The van der Waals surface area contributed by atoms with Crippen LogP contribution in [0.2, 0.25) is 0 Å². The normalized spacial score (nSPS) is 22.7. The number of fused-ring (bicyclic) bond motifs is 2. The monoisotopic (exact) mass is 454 g/mol. The molecule has 0 bridgehead atoms. The molecule has 1 saturated heterocycles. The van der Waals surface area contributed by atoms with Crippen molar-refractivity contribution in [2.75, 3.05) is 18.0 Å². The maximum Gasteiger partial charge on any atom is 0.253 e. The Balaban J connectivity index is 1.25. The van der Waals surface area contributed by atoms with Crippen LogP contribution in [0.4, 0.5) is 14.6 Å². The zero-order chi connectivity index (χ0) is 23.1. The molecule has 0 saturated carbocycles. The molecule has 0 spiro atoms. The van der Waals surface area contributed by atoms with E-state index in [9.17, 15) is 13.6 Å². The first-order valence-electron chi connectivity index (χ1n) is 11.5. The van der Waals surface area contributed by atoms with E-state index < -0.39 is 18.4 Å². The number of hydrogen-bond acceptors (Lipinski definition) is 5. The van der Waals surface area contributed by atoms with E-state index in [-0.39, 0.29) is 18.5 Å². The number of hydrogen-bond donors (Lipinski definition) is 2. The molecular weight excluding hydrogens is 426 g/mol. The third-order valence-corrected chi connectivity index (χ3v) is 6.85. The summed E-state index contributed by atoms with van der Waals surface area (Å²) in [5.74, 6) is -0.249. The van der Waals surface area contributed by atoms with Crippen LogP contribution in [0.1, 0.15) is 35.0 Å². The summed E-state index contributed by atoms with van der Waals surface area (Å²) in [5.41, 5.74) is 9.38. The quantitative estimate of drug-likeness (QED) is 0.619. The molecule has 1 unspecified atom stereocenters. The fraction of sp³-hybridized carbons (Fsp3) is 0.458. The van der Waals surface area contributed by atoms with Crippen molar-refractivity contribution >= 4 is 22.8 Å². The maximum absolute atomic E-state index is 13.2. The van der Waals surface area contributed by atoms with Gasteiger partial charge in [-0.25, -0.2) is 18.7 Å². The van der Waals surface area contributed by atoms with Crippen molar-refractivity contribution in [3.63, 3.8) is 0 Å². The van der Waals surface area contributed by atoms with Crippen LogP contribution >= 0.6 is 0 Å². The number of anilines is 1. The SMILES string of the molecule is CCn1ccc2cc(C(=O)N[C@H]3CCc4nc(N5CC(C(F)F)[C@H](N)C5)ccc4C3)cnc21. The van der Waals surface area contributed by atoms with Crippen LogP contribution in [0.3, 0.4) is 0 Å². The Morgan fingerprint density at radius 2 is 2.15 bits per heavy atom. The summed E-state index contributed by atoms with van der Waals surface area (Å²) in [7, 11) is 0. The van der Waals surface area contributed by atoms with Gasteiger partial charge in [-0.3, -0.25) is 4.79 Å². The van der Waals surface area contributed by atoms with Gasteiger partial charge in [-0.15, -0.1) is 0 Å². The highest BCUT2D eigenvalue weighted by Gasteiger charge is 2.37. The molecule has 2 aliphatic rings. The number of halogens is 2. The van der Waals surface area contributed by atoms with Crippen molar-refractivity contribution in [2.24, 2.45) is 11.7 Å². The summed E-state index contributed by atoms with van der Waals surface area (Å²) in [6, 6.07) is 7.19. The van der Waals surface area contributed by atoms with Crippen LogP contribution in [0.25, 0.3) is 11.0 Å². The van der Waals surface area contributed by atoms with Crippen LogP contribution < -0.4 is 16.0 Å². The first kappa shape index (κ1) is 21.8. The summed E-state index contributed by atoms with van der Waals surface area (Å²) in [6.45, 7) is 3.50. The smallest absolute Gasteiger partial charge is 0.253 e. The topological polar surface area (TPSA) is 89.1 Å². The Kier molecular flexibility index (Phi) is 5.74. The first-order chi connectivity index (χ1) is 15.9. The predicted octanol–water partition coefficient (Wildman–Crippen LogP) is 2.77. The Labute approximate surface area is 191 Å². The van der Waals surface area contributed by atoms with E-state index in [2.05, 4.69) is 17.2 Å². The van der Waals surface area contributed by atoms with Crippen molar-refractivity contribution in [2.45, 2.75) is 51.2 Å². The van der Waals surface area contributed by atoms with Gasteiger partial charge < -0.3 is 20.5 Å². The number of amides is 1. The summed E-state index contributed by atoms with van der Waals surface area (Å²) in [6.07, 6.45) is 3.37. The molecule has 3 aromatic rings.